The van der Waals surface area contributed by atoms with E-state index in [1.54, 1.807) is 0 Å². The molecule has 2 N–H and O–H groups in total. The monoisotopic (exact) mass is 431 g/mol. The number of halogens is 1. The molecule has 0 aliphatic heterocycles. The number of sulfonamides is 1. The third-order valence-corrected chi connectivity index (χ3v) is 7.11. The SMILES string of the molecule is Cc1cc(S(=O)(=O)Nc2ccc(C(=O)Nc3nc4c(s3)CCC4)cc2)ccc1F. The van der Waals surface area contributed by atoms with Crippen LogP contribution in [0.1, 0.15) is 32.9 Å². The lowest BCUT2D eigenvalue weighted by atomic mass is 10.2. The molecule has 1 aliphatic carbocycles. The summed E-state index contributed by atoms with van der Waals surface area (Å²) in [5, 5.41) is 3.37. The summed E-state index contributed by atoms with van der Waals surface area (Å²) < 4.78 is 40.8. The summed E-state index contributed by atoms with van der Waals surface area (Å²) in [7, 11) is -3.86. The largest absolute Gasteiger partial charge is 0.298 e. The van der Waals surface area contributed by atoms with Gasteiger partial charge < -0.3 is 0 Å². The van der Waals surface area contributed by atoms with E-state index in [9.17, 15) is 17.6 Å². The molecule has 1 amide bonds. The zero-order valence-corrected chi connectivity index (χ0v) is 17.2. The summed E-state index contributed by atoms with van der Waals surface area (Å²) in [5.74, 6) is -0.772. The van der Waals surface area contributed by atoms with Gasteiger partial charge in [-0.3, -0.25) is 14.8 Å². The molecule has 1 heterocycles. The van der Waals surface area contributed by atoms with Crippen molar-refractivity contribution in [2.45, 2.75) is 31.1 Å². The van der Waals surface area contributed by atoms with Gasteiger partial charge in [0.05, 0.1) is 10.6 Å². The van der Waals surface area contributed by atoms with Crippen LogP contribution in [0.15, 0.2) is 47.4 Å². The molecular formula is C20H18FN3O3S2. The number of hydrogen-bond acceptors (Lipinski definition) is 5. The topological polar surface area (TPSA) is 88.2 Å². The second kappa shape index (κ2) is 7.57. The summed E-state index contributed by atoms with van der Waals surface area (Å²) in [5.41, 5.74) is 2.00. The number of amides is 1. The highest BCUT2D eigenvalue weighted by atomic mass is 32.2. The molecule has 2 aromatic carbocycles. The molecule has 3 aromatic rings. The van der Waals surface area contributed by atoms with Crippen molar-refractivity contribution in [3.8, 4) is 0 Å². The fraction of sp³-hybridized carbons (Fsp3) is 0.200. The molecule has 0 fully saturated rings. The maximum absolute atomic E-state index is 13.4. The van der Waals surface area contributed by atoms with Crippen LogP contribution in [0.5, 0.6) is 0 Å². The average molecular weight is 432 g/mol. The van der Waals surface area contributed by atoms with Crippen molar-refractivity contribution in [1.29, 1.82) is 0 Å². The molecule has 150 valence electrons. The number of nitrogens with zero attached hydrogens (tertiary/aromatic N) is 1. The van der Waals surface area contributed by atoms with Gasteiger partial charge in [-0.05, 0) is 74.2 Å². The van der Waals surface area contributed by atoms with E-state index in [0.717, 1.165) is 31.0 Å². The van der Waals surface area contributed by atoms with Crippen molar-refractivity contribution >= 4 is 38.1 Å². The zero-order valence-electron chi connectivity index (χ0n) is 15.5. The molecule has 6 nitrogen and oxygen atoms in total. The van der Waals surface area contributed by atoms with Crippen LogP contribution in [0.3, 0.4) is 0 Å². The molecule has 0 saturated carbocycles. The number of benzene rings is 2. The fourth-order valence-electron chi connectivity index (χ4n) is 3.10. The van der Waals surface area contributed by atoms with Crippen LogP contribution in [0, 0.1) is 12.7 Å². The van der Waals surface area contributed by atoms with Crippen LogP contribution >= 0.6 is 11.3 Å². The van der Waals surface area contributed by atoms with E-state index < -0.39 is 15.8 Å². The molecule has 0 atom stereocenters. The van der Waals surface area contributed by atoms with Gasteiger partial charge in [-0.1, -0.05) is 0 Å². The van der Waals surface area contributed by atoms with Gasteiger partial charge in [0, 0.05) is 16.1 Å². The highest BCUT2D eigenvalue weighted by Gasteiger charge is 2.19. The van der Waals surface area contributed by atoms with Crippen LogP contribution < -0.4 is 10.0 Å². The zero-order chi connectivity index (χ0) is 20.6. The highest BCUT2D eigenvalue weighted by Crippen LogP contribution is 2.30. The van der Waals surface area contributed by atoms with Crippen LogP contribution in [-0.2, 0) is 22.9 Å². The molecule has 0 saturated heterocycles. The number of carbonyl (C=O) groups excluding carboxylic acids is 1. The van der Waals surface area contributed by atoms with Crippen molar-refractivity contribution in [3.63, 3.8) is 0 Å². The van der Waals surface area contributed by atoms with E-state index in [1.165, 1.54) is 59.5 Å². The van der Waals surface area contributed by atoms with Gasteiger partial charge in [-0.2, -0.15) is 0 Å². The molecule has 0 radical (unpaired) electrons. The van der Waals surface area contributed by atoms with Gasteiger partial charge >= 0.3 is 0 Å². The molecule has 1 aromatic heterocycles. The van der Waals surface area contributed by atoms with E-state index >= 15 is 0 Å². The number of hydrogen-bond donors (Lipinski definition) is 2. The number of carbonyl (C=O) groups is 1. The van der Waals surface area contributed by atoms with Crippen molar-refractivity contribution in [2.75, 3.05) is 10.0 Å². The number of nitrogens with one attached hydrogen (secondary N) is 2. The Morgan fingerprint density at radius 3 is 2.59 bits per heavy atom. The lowest BCUT2D eigenvalue weighted by molar-refractivity contribution is 0.102. The van der Waals surface area contributed by atoms with Crippen molar-refractivity contribution in [2.24, 2.45) is 0 Å². The Morgan fingerprint density at radius 2 is 1.90 bits per heavy atom. The van der Waals surface area contributed by atoms with Gasteiger partial charge in [0.2, 0.25) is 0 Å². The second-order valence-electron chi connectivity index (χ2n) is 6.79. The summed E-state index contributed by atoms with van der Waals surface area (Å²) in [6.07, 6.45) is 3.06. The molecule has 0 bridgehead atoms. The third-order valence-electron chi connectivity index (χ3n) is 4.66. The highest BCUT2D eigenvalue weighted by molar-refractivity contribution is 7.92. The molecule has 4 rings (SSSR count). The molecular weight excluding hydrogens is 413 g/mol. The predicted molar refractivity (Wildman–Crippen MR) is 110 cm³/mol. The van der Waals surface area contributed by atoms with Crippen molar-refractivity contribution in [3.05, 3.63) is 70.0 Å². The Hall–Kier alpha value is -2.78. The van der Waals surface area contributed by atoms with Gasteiger partial charge in [-0.25, -0.2) is 17.8 Å². The Bertz CT molecular complexity index is 1170. The summed E-state index contributed by atoms with van der Waals surface area (Å²) >= 11 is 1.49. The fourth-order valence-corrected chi connectivity index (χ4v) is 5.29. The van der Waals surface area contributed by atoms with Gasteiger partial charge in [0.15, 0.2) is 5.13 Å². The molecule has 1 aliphatic rings. The number of aromatic nitrogens is 1. The molecule has 0 spiro atoms. The number of aryl methyl sites for hydroxylation is 3. The second-order valence-corrected chi connectivity index (χ2v) is 9.56. The summed E-state index contributed by atoms with van der Waals surface area (Å²) in [4.78, 5) is 18.0. The minimum Gasteiger partial charge on any atom is -0.298 e. The molecule has 9 heteroatoms. The lowest BCUT2D eigenvalue weighted by Gasteiger charge is -2.10. The minimum atomic E-state index is -3.86. The first-order chi connectivity index (χ1) is 13.8. The Balaban J connectivity index is 1.45. The smallest absolute Gasteiger partial charge is 0.261 e. The maximum atomic E-state index is 13.4. The summed E-state index contributed by atoms with van der Waals surface area (Å²) in [6, 6.07) is 9.67. The first kappa shape index (κ1) is 19.5. The standard InChI is InChI=1S/C20H18FN3O3S2/c1-12-11-15(9-10-16(12)21)29(26,27)24-14-7-5-13(6-8-14)19(25)23-20-22-17-3-2-4-18(17)28-20/h5-11,24H,2-4H2,1H3,(H,22,23,25). The van der Waals surface area contributed by atoms with E-state index in [-0.39, 0.29) is 16.4 Å². The van der Waals surface area contributed by atoms with Crippen LogP contribution in [0.25, 0.3) is 0 Å². The molecule has 0 unspecified atom stereocenters. The summed E-state index contributed by atoms with van der Waals surface area (Å²) in [6.45, 7) is 1.50. The number of fused-ring (bicyclic) bond motifs is 1. The van der Waals surface area contributed by atoms with E-state index in [2.05, 4.69) is 15.0 Å². The third kappa shape index (κ3) is 4.15. The van der Waals surface area contributed by atoms with E-state index in [4.69, 9.17) is 0 Å². The molecule has 29 heavy (non-hydrogen) atoms. The predicted octanol–water partition coefficient (Wildman–Crippen LogP) is 4.13. The Morgan fingerprint density at radius 1 is 1.14 bits per heavy atom. The maximum Gasteiger partial charge on any atom is 0.261 e. The number of rotatable bonds is 5. The minimum absolute atomic E-state index is 0.0324. The number of anilines is 2. The van der Waals surface area contributed by atoms with Crippen LogP contribution in [0.4, 0.5) is 15.2 Å². The van der Waals surface area contributed by atoms with E-state index in [0.29, 0.717) is 16.4 Å². The lowest BCUT2D eigenvalue weighted by Crippen LogP contribution is -2.14. The van der Waals surface area contributed by atoms with E-state index in [1.807, 2.05) is 0 Å². The van der Waals surface area contributed by atoms with Gasteiger partial charge in [-0.15, -0.1) is 11.3 Å². The van der Waals surface area contributed by atoms with Crippen molar-refractivity contribution in [1.82, 2.24) is 4.98 Å². The quantitative estimate of drug-likeness (QED) is 0.636. The van der Waals surface area contributed by atoms with Crippen LogP contribution in [0.2, 0.25) is 0 Å². The average Bonchev–Trinajstić information content (AvgIpc) is 3.25. The Labute approximate surface area is 171 Å². The first-order valence-electron chi connectivity index (χ1n) is 9.01. The van der Waals surface area contributed by atoms with Gasteiger partial charge in [0.1, 0.15) is 5.82 Å². The first-order valence-corrected chi connectivity index (χ1v) is 11.3. The van der Waals surface area contributed by atoms with Crippen LogP contribution in [-0.4, -0.2) is 19.3 Å². The van der Waals surface area contributed by atoms with Crippen molar-refractivity contribution < 1.29 is 17.6 Å². The Kier molecular flexibility index (Phi) is 5.10. The normalized spacial score (nSPS) is 13.2. The number of thiazole rings is 1. The van der Waals surface area contributed by atoms with Gasteiger partial charge in [0.25, 0.3) is 15.9 Å².